The van der Waals surface area contributed by atoms with Crippen LogP contribution < -0.4 is 0 Å². The zero-order valence-corrected chi connectivity index (χ0v) is 16.4. The van der Waals surface area contributed by atoms with Gasteiger partial charge in [-0.2, -0.15) is 0 Å². The average molecular weight is 369 g/mol. The Labute approximate surface area is 157 Å². The van der Waals surface area contributed by atoms with E-state index in [1.54, 1.807) is 31.6 Å². The zero-order valence-electron chi connectivity index (χ0n) is 15.5. The molecule has 2 aliphatic carbocycles. The molecular formula is C21H23NO3S. The fourth-order valence-corrected chi connectivity index (χ4v) is 5.66. The molecule has 4 rings (SSSR count). The molecule has 5 heteroatoms. The van der Waals surface area contributed by atoms with Crippen molar-refractivity contribution >= 4 is 27.3 Å². The Bertz CT molecular complexity index is 905. The maximum atomic E-state index is 12.8. The van der Waals surface area contributed by atoms with Crippen LogP contribution in [0.25, 0.3) is 10.2 Å². The highest BCUT2D eigenvalue weighted by atomic mass is 32.1. The van der Waals surface area contributed by atoms with Crippen molar-refractivity contribution in [2.24, 2.45) is 5.92 Å². The van der Waals surface area contributed by atoms with Gasteiger partial charge in [0, 0.05) is 20.1 Å². The Morgan fingerprint density at radius 2 is 1.88 bits per heavy atom. The normalized spacial score (nSPS) is 27.8. The molecule has 0 bridgehead atoms. The summed E-state index contributed by atoms with van der Waals surface area (Å²) in [5.74, 6) is -1.54. The van der Waals surface area contributed by atoms with Crippen LogP contribution >= 0.6 is 11.3 Å². The smallest absolute Gasteiger partial charge is 0.237 e. The topological polar surface area (TPSA) is 48.4 Å². The summed E-state index contributed by atoms with van der Waals surface area (Å²) in [6.45, 7) is 4.31. The first-order valence-electron chi connectivity index (χ1n) is 8.82. The van der Waals surface area contributed by atoms with E-state index in [2.05, 4.69) is 19.9 Å². The standard InChI is InChI=1S/C21H23NO3S/c1-13-11-17-20(12-14(13)2,10-9-18(23)21(17,24-3)25-4)19-22-15-7-5-6-8-16(15)26-19/h5-10,17H,11-12H2,1-4H3/t17-,20-/m1/s1. The molecule has 0 N–H and O–H groups in total. The van der Waals surface area contributed by atoms with Crippen molar-refractivity contribution in [3.8, 4) is 0 Å². The minimum atomic E-state index is -1.27. The van der Waals surface area contributed by atoms with Gasteiger partial charge in [0.1, 0.15) is 5.01 Å². The molecule has 1 aromatic heterocycles. The number of thiazole rings is 1. The molecule has 0 saturated carbocycles. The van der Waals surface area contributed by atoms with Crippen LogP contribution in [0.5, 0.6) is 0 Å². The Morgan fingerprint density at radius 3 is 2.58 bits per heavy atom. The second-order valence-corrected chi connectivity index (χ2v) is 8.33. The summed E-state index contributed by atoms with van der Waals surface area (Å²) >= 11 is 1.70. The fourth-order valence-electron chi connectivity index (χ4n) is 4.47. The van der Waals surface area contributed by atoms with Gasteiger partial charge in [0.15, 0.2) is 0 Å². The lowest BCUT2D eigenvalue weighted by Gasteiger charge is -2.51. The van der Waals surface area contributed by atoms with Crippen LogP contribution in [0.4, 0.5) is 0 Å². The molecule has 26 heavy (non-hydrogen) atoms. The molecule has 1 aromatic carbocycles. The van der Waals surface area contributed by atoms with Gasteiger partial charge in [-0.15, -0.1) is 11.3 Å². The summed E-state index contributed by atoms with van der Waals surface area (Å²) < 4.78 is 12.6. The molecule has 2 atom stereocenters. The first-order valence-corrected chi connectivity index (χ1v) is 9.64. The summed E-state index contributed by atoms with van der Waals surface area (Å²) in [7, 11) is 3.12. The van der Waals surface area contributed by atoms with Crippen LogP contribution in [0.3, 0.4) is 0 Å². The van der Waals surface area contributed by atoms with E-state index in [0.717, 1.165) is 28.1 Å². The third kappa shape index (κ3) is 2.27. The Balaban J connectivity index is 1.98. The van der Waals surface area contributed by atoms with Crippen LogP contribution in [0.2, 0.25) is 0 Å². The number of nitrogens with zero attached hydrogens (tertiary/aromatic N) is 1. The molecule has 4 nitrogen and oxygen atoms in total. The number of hydrogen-bond acceptors (Lipinski definition) is 5. The molecule has 0 spiro atoms. The van der Waals surface area contributed by atoms with Crippen LogP contribution in [-0.2, 0) is 19.7 Å². The largest absolute Gasteiger partial charge is 0.346 e. The number of hydrogen-bond donors (Lipinski definition) is 0. The molecule has 0 aliphatic heterocycles. The monoisotopic (exact) mass is 369 g/mol. The lowest BCUT2D eigenvalue weighted by atomic mass is 9.59. The second kappa shape index (κ2) is 6.12. The van der Waals surface area contributed by atoms with Gasteiger partial charge < -0.3 is 9.47 Å². The van der Waals surface area contributed by atoms with Gasteiger partial charge in [0.25, 0.3) is 0 Å². The van der Waals surface area contributed by atoms with Crippen molar-refractivity contribution in [2.75, 3.05) is 14.2 Å². The summed E-state index contributed by atoms with van der Waals surface area (Å²) in [6.07, 6.45) is 5.24. The Morgan fingerprint density at radius 1 is 1.15 bits per heavy atom. The maximum Gasteiger partial charge on any atom is 0.237 e. The number of para-hydroxylation sites is 1. The van der Waals surface area contributed by atoms with E-state index < -0.39 is 11.2 Å². The molecule has 0 amide bonds. The third-order valence-corrected chi connectivity index (χ3v) is 7.28. The van der Waals surface area contributed by atoms with E-state index in [9.17, 15) is 4.79 Å². The maximum absolute atomic E-state index is 12.8. The summed E-state index contributed by atoms with van der Waals surface area (Å²) in [4.78, 5) is 17.7. The number of ketones is 1. The number of rotatable bonds is 3. The molecule has 136 valence electrons. The van der Waals surface area contributed by atoms with Gasteiger partial charge in [-0.3, -0.25) is 4.79 Å². The highest BCUT2D eigenvalue weighted by Crippen LogP contribution is 2.55. The number of benzene rings is 1. The van der Waals surface area contributed by atoms with Gasteiger partial charge in [-0.05, 0) is 44.9 Å². The number of allylic oxidation sites excluding steroid dienone is 3. The van der Waals surface area contributed by atoms with Gasteiger partial charge >= 0.3 is 0 Å². The number of carbonyl (C=O) groups excluding carboxylic acids is 1. The Kier molecular flexibility index (Phi) is 4.14. The molecular weight excluding hydrogens is 346 g/mol. The number of fused-ring (bicyclic) bond motifs is 2. The van der Waals surface area contributed by atoms with Crippen LogP contribution in [0.15, 0.2) is 47.6 Å². The van der Waals surface area contributed by atoms with Crippen LogP contribution in [0, 0.1) is 5.92 Å². The Hall–Kier alpha value is -1.82. The minimum Gasteiger partial charge on any atom is -0.346 e. The number of ether oxygens (including phenoxy) is 2. The summed E-state index contributed by atoms with van der Waals surface area (Å²) in [5.41, 5.74) is 3.25. The van der Waals surface area contributed by atoms with Crippen LogP contribution in [-0.4, -0.2) is 30.8 Å². The third-order valence-electron chi connectivity index (χ3n) is 6.05. The zero-order chi connectivity index (χ0) is 18.5. The lowest BCUT2D eigenvalue weighted by molar-refractivity contribution is -0.238. The summed E-state index contributed by atoms with van der Waals surface area (Å²) in [6, 6.07) is 8.17. The molecule has 0 unspecified atom stereocenters. The first kappa shape index (κ1) is 17.6. The average Bonchev–Trinajstić information content (AvgIpc) is 3.09. The molecule has 0 fully saturated rings. The van der Waals surface area contributed by atoms with Crippen molar-refractivity contribution in [1.29, 1.82) is 0 Å². The molecule has 0 saturated heterocycles. The molecule has 2 aromatic rings. The fraction of sp³-hybridized carbons (Fsp3) is 0.429. The van der Waals surface area contributed by atoms with Gasteiger partial charge in [-0.1, -0.05) is 29.4 Å². The predicted molar refractivity (Wildman–Crippen MR) is 103 cm³/mol. The van der Waals surface area contributed by atoms with Gasteiger partial charge in [0.2, 0.25) is 11.6 Å². The number of aromatic nitrogens is 1. The first-order chi connectivity index (χ1) is 12.5. The van der Waals surface area contributed by atoms with Crippen LogP contribution in [0.1, 0.15) is 31.7 Å². The summed E-state index contributed by atoms with van der Waals surface area (Å²) in [5, 5.41) is 1.03. The quantitative estimate of drug-likeness (QED) is 0.594. The SMILES string of the molecule is COC1(OC)C(=O)C=C[C@@]2(c3nc4ccccc4s3)CC(C)=C(C)C[C@@H]12. The van der Waals surface area contributed by atoms with E-state index in [-0.39, 0.29) is 11.7 Å². The highest BCUT2D eigenvalue weighted by molar-refractivity contribution is 7.18. The van der Waals surface area contributed by atoms with Gasteiger partial charge in [-0.25, -0.2) is 4.98 Å². The van der Waals surface area contributed by atoms with E-state index >= 15 is 0 Å². The van der Waals surface area contributed by atoms with E-state index in [1.807, 2.05) is 24.3 Å². The van der Waals surface area contributed by atoms with Gasteiger partial charge in [0.05, 0.1) is 15.6 Å². The van der Waals surface area contributed by atoms with Crippen molar-refractivity contribution in [3.05, 3.63) is 52.6 Å². The molecule has 2 aliphatic rings. The highest BCUT2D eigenvalue weighted by Gasteiger charge is 2.60. The van der Waals surface area contributed by atoms with Crippen molar-refractivity contribution < 1.29 is 14.3 Å². The molecule has 1 heterocycles. The molecule has 0 radical (unpaired) electrons. The number of carbonyl (C=O) groups is 1. The van der Waals surface area contributed by atoms with Crippen molar-refractivity contribution in [1.82, 2.24) is 4.98 Å². The number of methoxy groups -OCH3 is 2. The van der Waals surface area contributed by atoms with E-state index in [0.29, 0.717) is 0 Å². The van der Waals surface area contributed by atoms with Crippen molar-refractivity contribution in [2.45, 2.75) is 37.9 Å². The predicted octanol–water partition coefficient (Wildman–Crippen LogP) is 4.41. The second-order valence-electron chi connectivity index (χ2n) is 7.29. The van der Waals surface area contributed by atoms with Crippen molar-refractivity contribution in [3.63, 3.8) is 0 Å². The van der Waals surface area contributed by atoms with E-state index in [1.165, 1.54) is 11.1 Å². The minimum absolute atomic E-state index is 0.128. The van der Waals surface area contributed by atoms with E-state index in [4.69, 9.17) is 14.5 Å². The lowest BCUT2D eigenvalue weighted by Crippen LogP contribution is -2.59.